The molecule has 0 spiro atoms. The lowest BCUT2D eigenvalue weighted by atomic mass is 10.1. The van der Waals surface area contributed by atoms with Crippen molar-refractivity contribution in [3.8, 4) is 17.1 Å². The number of carbonyl (C=O) groups excluding carboxylic acids is 1. The number of hydrogen-bond donors (Lipinski definition) is 0. The zero-order valence-corrected chi connectivity index (χ0v) is 15.1. The topological polar surface area (TPSA) is 65.7 Å². The second-order valence-electron chi connectivity index (χ2n) is 5.65. The second-order valence-corrected chi connectivity index (χ2v) is 6.09. The Kier molecular flexibility index (Phi) is 5.28. The molecule has 0 amide bonds. The van der Waals surface area contributed by atoms with E-state index in [1.807, 2.05) is 0 Å². The van der Waals surface area contributed by atoms with Gasteiger partial charge in [-0.05, 0) is 56.3 Å². The van der Waals surface area contributed by atoms with Gasteiger partial charge in [-0.1, -0.05) is 11.6 Å². The number of halogens is 1. The number of benzene rings is 2. The molecule has 0 aliphatic rings. The molecule has 0 N–H and O–H groups in total. The highest BCUT2D eigenvalue weighted by Crippen LogP contribution is 2.26. The first-order chi connectivity index (χ1) is 12.5. The first-order valence-electron chi connectivity index (χ1n) is 8.15. The van der Waals surface area contributed by atoms with Gasteiger partial charge in [0.2, 0.25) is 0 Å². The molecule has 3 aromatic rings. The Morgan fingerprint density at radius 1 is 1.15 bits per heavy atom. The van der Waals surface area contributed by atoms with E-state index in [9.17, 15) is 9.59 Å². The van der Waals surface area contributed by atoms with Crippen LogP contribution in [0.15, 0.2) is 57.7 Å². The highest BCUT2D eigenvalue weighted by molar-refractivity contribution is 6.30. The molecule has 3 rings (SSSR count). The molecule has 0 saturated carbocycles. The van der Waals surface area contributed by atoms with Crippen molar-refractivity contribution in [2.24, 2.45) is 0 Å². The van der Waals surface area contributed by atoms with Crippen LogP contribution in [0.4, 0.5) is 0 Å². The van der Waals surface area contributed by atoms with Crippen LogP contribution in [0.3, 0.4) is 0 Å². The summed E-state index contributed by atoms with van der Waals surface area (Å²) in [5.41, 5.74) is 0.980. The lowest BCUT2D eigenvalue weighted by Gasteiger charge is -2.13. The van der Waals surface area contributed by atoms with E-state index in [1.54, 1.807) is 56.3 Å². The molecule has 1 heterocycles. The molecule has 5 nitrogen and oxygen atoms in total. The molecule has 1 aromatic heterocycles. The molecule has 6 heteroatoms. The van der Waals surface area contributed by atoms with Crippen LogP contribution in [0, 0.1) is 0 Å². The van der Waals surface area contributed by atoms with Gasteiger partial charge in [0.25, 0.3) is 0 Å². The van der Waals surface area contributed by atoms with Crippen LogP contribution in [-0.4, -0.2) is 18.7 Å². The normalized spacial score (nSPS) is 12.0. The largest absolute Gasteiger partial charge is 0.479 e. The van der Waals surface area contributed by atoms with Gasteiger partial charge in [0.15, 0.2) is 11.5 Å². The van der Waals surface area contributed by atoms with Gasteiger partial charge in [0, 0.05) is 16.7 Å². The van der Waals surface area contributed by atoms with Gasteiger partial charge in [-0.3, -0.25) is 4.79 Å². The van der Waals surface area contributed by atoms with E-state index < -0.39 is 12.1 Å². The van der Waals surface area contributed by atoms with Crippen LogP contribution >= 0.6 is 11.6 Å². The Morgan fingerprint density at radius 2 is 1.88 bits per heavy atom. The molecule has 2 aromatic carbocycles. The standard InChI is InChI=1S/C20H17ClO5/c1-3-24-20(23)12(2)25-15-8-9-18-16(10-15)17(22)11-19(26-18)13-4-6-14(21)7-5-13/h4-12H,3H2,1-2H3/t12-/m0/s1. The molecule has 134 valence electrons. The smallest absolute Gasteiger partial charge is 0.347 e. The van der Waals surface area contributed by atoms with E-state index in [4.69, 9.17) is 25.5 Å². The predicted octanol–water partition coefficient (Wildman–Crippen LogP) is 4.44. The minimum absolute atomic E-state index is 0.203. The molecule has 0 aliphatic heterocycles. The molecule has 0 bridgehead atoms. The number of esters is 1. The summed E-state index contributed by atoms with van der Waals surface area (Å²) in [6.07, 6.45) is -0.771. The van der Waals surface area contributed by atoms with Gasteiger partial charge >= 0.3 is 5.97 Å². The minimum atomic E-state index is -0.771. The van der Waals surface area contributed by atoms with Crippen LogP contribution in [0.25, 0.3) is 22.3 Å². The summed E-state index contributed by atoms with van der Waals surface area (Å²) in [5, 5.41) is 0.977. The lowest BCUT2D eigenvalue weighted by molar-refractivity contribution is -0.150. The summed E-state index contributed by atoms with van der Waals surface area (Å²) in [6, 6.07) is 13.3. The number of fused-ring (bicyclic) bond motifs is 1. The van der Waals surface area contributed by atoms with Crippen molar-refractivity contribution in [3.05, 3.63) is 63.8 Å². The summed E-state index contributed by atoms with van der Waals surface area (Å²) in [4.78, 5) is 24.1. The quantitative estimate of drug-likeness (QED) is 0.619. The Hall–Kier alpha value is -2.79. The van der Waals surface area contributed by atoms with Gasteiger partial charge in [0.1, 0.15) is 17.1 Å². The summed E-state index contributed by atoms with van der Waals surface area (Å²) in [6.45, 7) is 3.60. The van der Waals surface area contributed by atoms with Crippen LogP contribution in [0.2, 0.25) is 5.02 Å². The number of hydrogen-bond acceptors (Lipinski definition) is 5. The molecule has 0 aliphatic carbocycles. The molecule has 0 fully saturated rings. The van der Waals surface area contributed by atoms with Gasteiger partial charge in [-0.15, -0.1) is 0 Å². The first-order valence-corrected chi connectivity index (χ1v) is 8.53. The Labute approximate surface area is 155 Å². The van der Waals surface area contributed by atoms with Crippen molar-refractivity contribution in [2.75, 3.05) is 6.61 Å². The van der Waals surface area contributed by atoms with E-state index in [-0.39, 0.29) is 12.0 Å². The third-order valence-electron chi connectivity index (χ3n) is 3.76. The first kappa shape index (κ1) is 18.0. The molecule has 1 atom stereocenters. The second kappa shape index (κ2) is 7.62. The van der Waals surface area contributed by atoms with Crippen molar-refractivity contribution < 1.29 is 18.7 Å². The summed E-state index contributed by atoms with van der Waals surface area (Å²) < 4.78 is 16.3. The molecular weight excluding hydrogens is 356 g/mol. The zero-order chi connectivity index (χ0) is 18.7. The monoisotopic (exact) mass is 372 g/mol. The van der Waals surface area contributed by atoms with Crippen molar-refractivity contribution >= 4 is 28.5 Å². The maximum atomic E-state index is 12.5. The fraction of sp³-hybridized carbons (Fsp3) is 0.200. The van der Waals surface area contributed by atoms with Crippen LogP contribution in [0.1, 0.15) is 13.8 Å². The minimum Gasteiger partial charge on any atom is -0.479 e. The summed E-state index contributed by atoms with van der Waals surface area (Å²) in [7, 11) is 0. The van der Waals surface area contributed by atoms with Crippen LogP contribution in [-0.2, 0) is 9.53 Å². The van der Waals surface area contributed by atoms with Crippen LogP contribution < -0.4 is 10.2 Å². The number of rotatable bonds is 5. The van der Waals surface area contributed by atoms with Crippen LogP contribution in [0.5, 0.6) is 5.75 Å². The van der Waals surface area contributed by atoms with E-state index >= 15 is 0 Å². The van der Waals surface area contributed by atoms with Gasteiger partial charge in [-0.2, -0.15) is 0 Å². The third kappa shape index (κ3) is 3.89. The number of ether oxygens (including phenoxy) is 2. The average Bonchev–Trinajstić information content (AvgIpc) is 2.63. The predicted molar refractivity (Wildman–Crippen MR) is 99.7 cm³/mol. The Morgan fingerprint density at radius 3 is 2.58 bits per heavy atom. The Bertz CT molecular complexity index is 991. The fourth-order valence-corrected chi connectivity index (χ4v) is 2.60. The van der Waals surface area contributed by atoms with Gasteiger partial charge in [-0.25, -0.2) is 4.79 Å². The lowest BCUT2D eigenvalue weighted by Crippen LogP contribution is -2.26. The maximum Gasteiger partial charge on any atom is 0.347 e. The molecule has 0 saturated heterocycles. The SMILES string of the molecule is CCOC(=O)[C@H](C)Oc1ccc2oc(-c3ccc(Cl)cc3)cc(=O)c2c1. The highest BCUT2D eigenvalue weighted by Gasteiger charge is 2.16. The Balaban J connectivity index is 1.92. The van der Waals surface area contributed by atoms with Gasteiger partial charge in [0.05, 0.1) is 12.0 Å². The van der Waals surface area contributed by atoms with E-state index in [0.29, 0.717) is 27.5 Å². The highest BCUT2D eigenvalue weighted by atomic mass is 35.5. The molecule has 0 radical (unpaired) electrons. The molecular formula is C20H17ClO5. The fourth-order valence-electron chi connectivity index (χ4n) is 2.48. The van der Waals surface area contributed by atoms with Crippen molar-refractivity contribution in [1.82, 2.24) is 0 Å². The maximum absolute atomic E-state index is 12.5. The number of carbonyl (C=O) groups is 1. The van der Waals surface area contributed by atoms with Crippen molar-refractivity contribution in [3.63, 3.8) is 0 Å². The van der Waals surface area contributed by atoms with E-state index in [2.05, 4.69) is 0 Å². The van der Waals surface area contributed by atoms with E-state index in [1.165, 1.54) is 6.07 Å². The molecule has 26 heavy (non-hydrogen) atoms. The zero-order valence-electron chi connectivity index (χ0n) is 14.3. The van der Waals surface area contributed by atoms with Crippen molar-refractivity contribution in [1.29, 1.82) is 0 Å². The molecule has 0 unspecified atom stereocenters. The summed E-state index contributed by atoms with van der Waals surface area (Å²) in [5.74, 6) is 0.384. The van der Waals surface area contributed by atoms with E-state index in [0.717, 1.165) is 5.56 Å². The van der Waals surface area contributed by atoms with Gasteiger partial charge < -0.3 is 13.9 Å². The third-order valence-corrected chi connectivity index (χ3v) is 4.01. The van der Waals surface area contributed by atoms with Crippen molar-refractivity contribution in [2.45, 2.75) is 20.0 Å². The average molecular weight is 373 g/mol. The summed E-state index contributed by atoms with van der Waals surface area (Å²) >= 11 is 5.89.